The second kappa shape index (κ2) is 9.70. The molecule has 3 rings (SSSR count). The topological polar surface area (TPSA) is 97.0 Å². The van der Waals surface area contributed by atoms with Crippen molar-refractivity contribution in [3.63, 3.8) is 0 Å². The number of rotatable bonds is 5. The number of nitrogens with zero attached hydrogens (tertiary/aromatic N) is 1. The summed E-state index contributed by atoms with van der Waals surface area (Å²) >= 11 is 0. The summed E-state index contributed by atoms with van der Waals surface area (Å²) in [4.78, 5) is 12.6. The fourth-order valence-corrected chi connectivity index (χ4v) is 4.78. The summed E-state index contributed by atoms with van der Waals surface area (Å²) in [5, 5.41) is 6.20. The van der Waals surface area contributed by atoms with Gasteiger partial charge in [-0.3, -0.25) is 4.79 Å². The minimum Gasteiger partial charge on any atom is -0.495 e. The Bertz CT molecular complexity index is 747. The molecule has 1 atom stereocenters. The Morgan fingerprint density at radius 2 is 2.07 bits per heavy atom. The van der Waals surface area contributed by atoms with Crippen molar-refractivity contribution in [2.75, 3.05) is 46.5 Å². The first kappa shape index (κ1) is 21.9. The normalized spacial score (nSPS) is 21.1. The van der Waals surface area contributed by atoms with Gasteiger partial charge in [0.2, 0.25) is 10.0 Å². The standard InChI is InChI=1S/C17H25N3O5S.ClH/c1-24-15-5-4-13(17(21)19-14-3-2-6-18-12-14)11-16(15)26(22,23)20-7-9-25-10-8-20;/h4-5,11,14,18H,2-3,6-10,12H2,1H3,(H,19,21);1H. The summed E-state index contributed by atoms with van der Waals surface area (Å²) in [7, 11) is -2.34. The van der Waals surface area contributed by atoms with Crippen LogP contribution in [0.2, 0.25) is 0 Å². The van der Waals surface area contributed by atoms with Gasteiger partial charge in [0.05, 0.1) is 20.3 Å². The van der Waals surface area contributed by atoms with Gasteiger partial charge in [-0.25, -0.2) is 8.42 Å². The second-order valence-corrected chi connectivity index (χ2v) is 8.31. The Kier molecular flexibility index (Phi) is 7.87. The van der Waals surface area contributed by atoms with Gasteiger partial charge >= 0.3 is 0 Å². The summed E-state index contributed by atoms with van der Waals surface area (Å²) in [5.74, 6) is -0.0489. The molecule has 0 aliphatic carbocycles. The first-order valence-corrected chi connectivity index (χ1v) is 10.2. The molecule has 0 spiro atoms. The molecule has 0 radical (unpaired) electrons. The van der Waals surface area contributed by atoms with Gasteiger partial charge < -0.3 is 20.1 Å². The number of carbonyl (C=O) groups excluding carboxylic acids is 1. The molecule has 2 aliphatic rings. The number of amides is 1. The third kappa shape index (κ3) is 5.11. The van der Waals surface area contributed by atoms with E-state index in [0.717, 1.165) is 25.9 Å². The van der Waals surface area contributed by atoms with Crippen LogP contribution in [0.1, 0.15) is 23.2 Å². The molecule has 8 nitrogen and oxygen atoms in total. The SMILES string of the molecule is COc1ccc(C(=O)NC2CCCNC2)cc1S(=O)(=O)N1CCOCC1.Cl. The quantitative estimate of drug-likeness (QED) is 0.726. The van der Waals surface area contributed by atoms with E-state index < -0.39 is 10.0 Å². The number of sulfonamides is 1. The second-order valence-electron chi connectivity index (χ2n) is 6.40. The molecule has 0 saturated carbocycles. The summed E-state index contributed by atoms with van der Waals surface area (Å²) in [6.07, 6.45) is 1.91. The van der Waals surface area contributed by atoms with E-state index in [0.29, 0.717) is 18.8 Å². The molecular formula is C17H26ClN3O5S. The number of hydrogen-bond acceptors (Lipinski definition) is 6. The van der Waals surface area contributed by atoms with E-state index >= 15 is 0 Å². The average Bonchev–Trinajstić information content (AvgIpc) is 2.69. The van der Waals surface area contributed by atoms with Crippen molar-refractivity contribution in [2.45, 2.75) is 23.8 Å². The molecule has 2 saturated heterocycles. The molecule has 0 aromatic heterocycles. The van der Waals surface area contributed by atoms with Crippen molar-refractivity contribution in [1.29, 1.82) is 0 Å². The minimum atomic E-state index is -3.76. The van der Waals surface area contributed by atoms with E-state index in [4.69, 9.17) is 9.47 Å². The molecule has 2 heterocycles. The van der Waals surface area contributed by atoms with Crippen molar-refractivity contribution >= 4 is 28.3 Å². The molecule has 0 bridgehead atoms. The van der Waals surface area contributed by atoms with Crippen LogP contribution in [-0.4, -0.2) is 71.2 Å². The first-order chi connectivity index (χ1) is 12.5. The van der Waals surface area contributed by atoms with Crippen LogP contribution < -0.4 is 15.4 Å². The highest BCUT2D eigenvalue weighted by molar-refractivity contribution is 7.89. The molecule has 152 valence electrons. The number of halogens is 1. The predicted octanol–water partition coefficient (Wildman–Crippen LogP) is 0.620. The summed E-state index contributed by atoms with van der Waals surface area (Å²) in [6, 6.07) is 4.57. The molecule has 1 aromatic rings. The Morgan fingerprint density at radius 1 is 1.33 bits per heavy atom. The largest absolute Gasteiger partial charge is 0.495 e. The maximum atomic E-state index is 13.0. The minimum absolute atomic E-state index is 0. The van der Waals surface area contributed by atoms with Crippen LogP contribution in [0.4, 0.5) is 0 Å². The molecule has 1 unspecified atom stereocenters. The Morgan fingerprint density at radius 3 is 2.70 bits per heavy atom. The fourth-order valence-electron chi connectivity index (χ4n) is 3.19. The lowest BCUT2D eigenvalue weighted by Crippen LogP contribution is -2.45. The fraction of sp³-hybridized carbons (Fsp3) is 0.588. The lowest BCUT2D eigenvalue weighted by Gasteiger charge is -2.27. The molecule has 2 N–H and O–H groups in total. The molecule has 27 heavy (non-hydrogen) atoms. The van der Waals surface area contributed by atoms with Gasteiger partial charge in [-0.15, -0.1) is 12.4 Å². The first-order valence-electron chi connectivity index (χ1n) is 8.80. The summed E-state index contributed by atoms with van der Waals surface area (Å²) in [5.41, 5.74) is 0.309. The van der Waals surface area contributed by atoms with Gasteiger partial charge in [0.15, 0.2) is 0 Å². The Hall–Kier alpha value is -1.39. The summed E-state index contributed by atoms with van der Waals surface area (Å²) < 4.78 is 37.8. The third-order valence-electron chi connectivity index (χ3n) is 4.65. The van der Waals surface area contributed by atoms with Crippen LogP contribution in [0.15, 0.2) is 23.1 Å². The zero-order valence-electron chi connectivity index (χ0n) is 15.3. The van der Waals surface area contributed by atoms with Crippen LogP contribution in [0.25, 0.3) is 0 Å². The molecule has 2 fully saturated rings. The monoisotopic (exact) mass is 419 g/mol. The van der Waals surface area contributed by atoms with Gasteiger partial charge in [0.1, 0.15) is 10.6 Å². The maximum Gasteiger partial charge on any atom is 0.251 e. The van der Waals surface area contributed by atoms with Crippen molar-refractivity contribution in [2.24, 2.45) is 0 Å². The van der Waals surface area contributed by atoms with Gasteiger partial charge in [-0.05, 0) is 37.6 Å². The van der Waals surface area contributed by atoms with Gasteiger partial charge in [-0.1, -0.05) is 0 Å². The average molecular weight is 420 g/mol. The van der Waals surface area contributed by atoms with Crippen LogP contribution in [0.5, 0.6) is 5.75 Å². The zero-order chi connectivity index (χ0) is 18.6. The highest BCUT2D eigenvalue weighted by Crippen LogP contribution is 2.28. The van der Waals surface area contributed by atoms with E-state index in [1.165, 1.54) is 23.5 Å². The van der Waals surface area contributed by atoms with E-state index in [2.05, 4.69) is 10.6 Å². The van der Waals surface area contributed by atoms with Gasteiger partial charge in [0.25, 0.3) is 5.91 Å². The van der Waals surface area contributed by atoms with E-state index in [-0.39, 0.29) is 48.1 Å². The van der Waals surface area contributed by atoms with Crippen molar-refractivity contribution in [3.8, 4) is 5.75 Å². The van der Waals surface area contributed by atoms with Crippen molar-refractivity contribution in [3.05, 3.63) is 23.8 Å². The van der Waals surface area contributed by atoms with Crippen molar-refractivity contribution in [1.82, 2.24) is 14.9 Å². The zero-order valence-corrected chi connectivity index (χ0v) is 16.9. The number of piperidine rings is 1. The van der Waals surface area contributed by atoms with Crippen LogP contribution in [0, 0.1) is 0 Å². The van der Waals surface area contributed by atoms with Gasteiger partial charge in [0, 0.05) is 31.2 Å². The number of hydrogen-bond donors (Lipinski definition) is 2. The predicted molar refractivity (Wildman–Crippen MR) is 103 cm³/mol. The van der Waals surface area contributed by atoms with Gasteiger partial charge in [-0.2, -0.15) is 4.31 Å². The molecule has 1 aromatic carbocycles. The smallest absolute Gasteiger partial charge is 0.251 e. The Labute approximate surface area is 166 Å². The van der Waals surface area contributed by atoms with E-state index in [1.54, 1.807) is 6.07 Å². The summed E-state index contributed by atoms with van der Waals surface area (Å²) in [6.45, 7) is 2.97. The third-order valence-corrected chi connectivity index (χ3v) is 6.57. The van der Waals surface area contributed by atoms with Crippen molar-refractivity contribution < 1.29 is 22.7 Å². The maximum absolute atomic E-state index is 13.0. The lowest BCUT2D eigenvalue weighted by molar-refractivity contribution is 0.0729. The van der Waals surface area contributed by atoms with Crippen LogP contribution in [0.3, 0.4) is 0 Å². The molecular weight excluding hydrogens is 394 g/mol. The number of ether oxygens (including phenoxy) is 2. The highest BCUT2D eigenvalue weighted by atomic mass is 35.5. The lowest BCUT2D eigenvalue weighted by atomic mass is 10.1. The van der Waals surface area contributed by atoms with Crippen LogP contribution >= 0.6 is 12.4 Å². The molecule has 2 aliphatic heterocycles. The van der Waals surface area contributed by atoms with Crippen LogP contribution in [-0.2, 0) is 14.8 Å². The van der Waals surface area contributed by atoms with E-state index in [9.17, 15) is 13.2 Å². The highest BCUT2D eigenvalue weighted by Gasteiger charge is 2.30. The number of benzene rings is 1. The Balaban J connectivity index is 0.00000261. The number of nitrogens with one attached hydrogen (secondary N) is 2. The molecule has 1 amide bonds. The van der Waals surface area contributed by atoms with E-state index in [1.807, 2.05) is 0 Å². The number of morpholine rings is 1. The molecule has 10 heteroatoms. The number of methoxy groups -OCH3 is 1. The number of carbonyl (C=O) groups is 1.